The van der Waals surface area contributed by atoms with Crippen LogP contribution in [0.4, 0.5) is 8.78 Å². The molecule has 4 aromatic rings. The van der Waals surface area contributed by atoms with Crippen molar-refractivity contribution in [2.24, 2.45) is 0 Å². The highest BCUT2D eigenvalue weighted by Gasteiger charge is 2.20. The zero-order chi connectivity index (χ0) is 25.8. The van der Waals surface area contributed by atoms with E-state index in [1.807, 2.05) is 30.4 Å². The fraction of sp³-hybridized carbons (Fsp3) is 0.250. The SMILES string of the molecule is COc1cccc(C=Cc2nc3cc(OC(F)F)ccc3n2-c2ccc(C#N)cn2)c1OC1CCCC1. The number of rotatable bonds is 8. The first-order chi connectivity index (χ1) is 18.1. The summed E-state index contributed by atoms with van der Waals surface area (Å²) in [5.41, 5.74) is 2.34. The van der Waals surface area contributed by atoms with Gasteiger partial charge >= 0.3 is 6.61 Å². The molecule has 2 aromatic carbocycles. The smallest absolute Gasteiger partial charge is 0.387 e. The molecule has 0 spiro atoms. The highest BCUT2D eigenvalue weighted by molar-refractivity contribution is 5.83. The van der Waals surface area contributed by atoms with Gasteiger partial charge in [0.15, 0.2) is 11.5 Å². The molecule has 0 radical (unpaired) electrons. The van der Waals surface area contributed by atoms with Crippen molar-refractivity contribution < 1.29 is 23.0 Å². The van der Waals surface area contributed by atoms with Crippen molar-refractivity contribution in [3.63, 3.8) is 0 Å². The average Bonchev–Trinajstić information content (AvgIpc) is 3.55. The molecule has 0 N–H and O–H groups in total. The van der Waals surface area contributed by atoms with Crippen LogP contribution in [0.2, 0.25) is 0 Å². The first kappa shape index (κ1) is 24.3. The summed E-state index contributed by atoms with van der Waals surface area (Å²) in [4.78, 5) is 9.08. The quantitative estimate of drug-likeness (QED) is 0.278. The van der Waals surface area contributed by atoms with Gasteiger partial charge in [0.2, 0.25) is 0 Å². The van der Waals surface area contributed by atoms with Gasteiger partial charge in [0.05, 0.1) is 29.8 Å². The van der Waals surface area contributed by atoms with E-state index in [1.54, 1.807) is 29.9 Å². The number of nitriles is 1. The van der Waals surface area contributed by atoms with E-state index in [0.29, 0.717) is 39.7 Å². The van der Waals surface area contributed by atoms with Crippen LogP contribution in [0.1, 0.15) is 42.6 Å². The predicted molar refractivity (Wildman–Crippen MR) is 135 cm³/mol. The second-order valence-electron chi connectivity index (χ2n) is 8.59. The monoisotopic (exact) mass is 502 g/mol. The van der Waals surface area contributed by atoms with Crippen LogP contribution in [0, 0.1) is 11.3 Å². The summed E-state index contributed by atoms with van der Waals surface area (Å²) in [6, 6.07) is 15.7. The lowest BCUT2D eigenvalue weighted by atomic mass is 10.1. The molecule has 0 bridgehead atoms. The van der Waals surface area contributed by atoms with Crippen LogP contribution in [-0.4, -0.2) is 34.4 Å². The van der Waals surface area contributed by atoms with Crippen LogP contribution in [0.25, 0.3) is 29.0 Å². The van der Waals surface area contributed by atoms with Crippen molar-refractivity contribution in [1.29, 1.82) is 5.26 Å². The van der Waals surface area contributed by atoms with Crippen LogP contribution >= 0.6 is 0 Å². The molecule has 37 heavy (non-hydrogen) atoms. The Bertz CT molecular complexity index is 1470. The van der Waals surface area contributed by atoms with Gasteiger partial charge in [-0.15, -0.1) is 0 Å². The fourth-order valence-electron chi connectivity index (χ4n) is 4.48. The molecule has 0 aliphatic heterocycles. The lowest BCUT2D eigenvalue weighted by Gasteiger charge is -2.18. The molecule has 1 saturated carbocycles. The van der Waals surface area contributed by atoms with E-state index in [0.717, 1.165) is 31.2 Å². The minimum absolute atomic E-state index is 0.00973. The van der Waals surface area contributed by atoms with E-state index in [4.69, 9.17) is 14.7 Å². The summed E-state index contributed by atoms with van der Waals surface area (Å²) in [6.45, 7) is -2.94. The van der Waals surface area contributed by atoms with Gasteiger partial charge in [-0.05, 0) is 68.2 Å². The maximum atomic E-state index is 12.8. The summed E-state index contributed by atoms with van der Waals surface area (Å²) in [7, 11) is 1.61. The van der Waals surface area contributed by atoms with Crippen molar-refractivity contribution in [3.05, 3.63) is 71.7 Å². The Hall–Kier alpha value is -4.45. The molecule has 0 saturated heterocycles. The van der Waals surface area contributed by atoms with Gasteiger partial charge in [0.1, 0.15) is 23.5 Å². The lowest BCUT2D eigenvalue weighted by Crippen LogP contribution is -2.12. The van der Waals surface area contributed by atoms with Gasteiger partial charge in [-0.25, -0.2) is 9.97 Å². The predicted octanol–water partition coefficient (Wildman–Crippen LogP) is 6.39. The van der Waals surface area contributed by atoms with Gasteiger partial charge < -0.3 is 14.2 Å². The third-order valence-electron chi connectivity index (χ3n) is 6.21. The number of fused-ring (bicyclic) bond motifs is 1. The van der Waals surface area contributed by atoms with Gasteiger partial charge in [-0.1, -0.05) is 12.1 Å². The molecule has 2 aromatic heterocycles. The van der Waals surface area contributed by atoms with E-state index in [9.17, 15) is 8.78 Å². The molecule has 1 aliphatic carbocycles. The molecule has 1 fully saturated rings. The normalized spacial score (nSPS) is 13.9. The number of benzene rings is 2. The van der Waals surface area contributed by atoms with Crippen LogP contribution in [0.15, 0.2) is 54.7 Å². The highest BCUT2D eigenvalue weighted by Crippen LogP contribution is 2.36. The molecule has 7 nitrogen and oxygen atoms in total. The number of ether oxygens (including phenoxy) is 3. The zero-order valence-electron chi connectivity index (χ0n) is 20.1. The zero-order valence-corrected chi connectivity index (χ0v) is 20.1. The summed E-state index contributed by atoms with van der Waals surface area (Å²) >= 11 is 0. The van der Waals surface area contributed by atoms with Gasteiger partial charge in [-0.3, -0.25) is 4.57 Å². The Kier molecular flexibility index (Phi) is 6.99. The standard InChI is InChI=1S/C28H24F2N4O3/c1-35-24-8-4-5-19(27(24)36-20-6-2-3-7-20)10-14-26-33-22-15-21(37-28(29)30)11-12-23(22)34(26)25-13-9-18(16-31)17-32-25/h4-5,8-15,17,20,28H,2-3,6-7H2,1H3. The van der Waals surface area contributed by atoms with E-state index in [1.165, 1.54) is 18.3 Å². The van der Waals surface area contributed by atoms with Crippen molar-refractivity contribution in [2.45, 2.75) is 38.4 Å². The first-order valence-electron chi connectivity index (χ1n) is 11.9. The average molecular weight is 503 g/mol. The largest absolute Gasteiger partial charge is 0.493 e. The molecule has 0 unspecified atom stereocenters. The lowest BCUT2D eigenvalue weighted by molar-refractivity contribution is -0.0497. The van der Waals surface area contributed by atoms with E-state index < -0.39 is 6.61 Å². The van der Waals surface area contributed by atoms with Crippen LogP contribution in [-0.2, 0) is 0 Å². The number of imidazole rings is 1. The summed E-state index contributed by atoms with van der Waals surface area (Å²) in [5.74, 6) is 2.35. The topological polar surface area (TPSA) is 82.2 Å². The van der Waals surface area contributed by atoms with Crippen LogP contribution in [0.3, 0.4) is 0 Å². The number of aromatic nitrogens is 3. The Morgan fingerprint density at radius 2 is 1.95 bits per heavy atom. The maximum Gasteiger partial charge on any atom is 0.387 e. The first-order valence-corrected chi connectivity index (χ1v) is 11.9. The van der Waals surface area contributed by atoms with Crippen molar-refractivity contribution in [2.75, 3.05) is 7.11 Å². The number of halogens is 2. The maximum absolute atomic E-state index is 12.8. The van der Waals surface area contributed by atoms with Crippen molar-refractivity contribution >= 4 is 23.2 Å². The molecule has 9 heteroatoms. The molecule has 188 valence electrons. The molecule has 5 rings (SSSR count). The fourth-order valence-corrected chi connectivity index (χ4v) is 4.48. The van der Waals surface area contributed by atoms with Crippen molar-refractivity contribution in [1.82, 2.24) is 14.5 Å². The van der Waals surface area contributed by atoms with E-state index in [-0.39, 0.29) is 11.9 Å². The Morgan fingerprint density at radius 1 is 1.11 bits per heavy atom. The second kappa shape index (κ2) is 10.7. The molecule has 2 heterocycles. The van der Waals surface area contributed by atoms with Gasteiger partial charge in [0.25, 0.3) is 0 Å². The third kappa shape index (κ3) is 5.23. The molecule has 1 aliphatic rings. The summed E-state index contributed by atoms with van der Waals surface area (Å²) in [5, 5.41) is 9.15. The number of hydrogen-bond donors (Lipinski definition) is 0. The van der Waals surface area contributed by atoms with Crippen molar-refractivity contribution in [3.8, 4) is 29.1 Å². The van der Waals surface area contributed by atoms with Gasteiger partial charge in [-0.2, -0.15) is 14.0 Å². The number of hydrogen-bond acceptors (Lipinski definition) is 6. The number of para-hydroxylation sites is 1. The van der Waals surface area contributed by atoms with E-state index >= 15 is 0 Å². The Morgan fingerprint density at radius 3 is 2.65 bits per heavy atom. The third-order valence-corrected chi connectivity index (χ3v) is 6.21. The number of nitrogens with zero attached hydrogens (tertiary/aromatic N) is 4. The van der Waals surface area contributed by atoms with Gasteiger partial charge in [0, 0.05) is 17.8 Å². The minimum atomic E-state index is -2.94. The molecule has 0 amide bonds. The Balaban J connectivity index is 1.59. The number of alkyl halides is 2. The Labute approximate surface area is 212 Å². The van der Waals surface area contributed by atoms with Crippen LogP contribution < -0.4 is 14.2 Å². The minimum Gasteiger partial charge on any atom is -0.493 e. The summed E-state index contributed by atoms with van der Waals surface area (Å²) in [6.07, 6.45) is 9.60. The molecular weight excluding hydrogens is 478 g/mol. The number of methoxy groups -OCH3 is 1. The molecular formula is C28H24F2N4O3. The molecule has 0 atom stereocenters. The number of pyridine rings is 1. The second-order valence-corrected chi connectivity index (χ2v) is 8.59. The van der Waals surface area contributed by atoms with Crippen LogP contribution in [0.5, 0.6) is 17.2 Å². The summed E-state index contributed by atoms with van der Waals surface area (Å²) < 4.78 is 43.8. The van der Waals surface area contributed by atoms with E-state index in [2.05, 4.69) is 20.8 Å². The highest BCUT2D eigenvalue weighted by atomic mass is 19.3.